The minimum atomic E-state index is -0.447. The van der Waals surface area contributed by atoms with Crippen molar-refractivity contribution in [2.75, 3.05) is 18.5 Å². The van der Waals surface area contributed by atoms with Gasteiger partial charge in [0, 0.05) is 17.3 Å². The summed E-state index contributed by atoms with van der Waals surface area (Å²) in [6, 6.07) is 7.18. The molecule has 23 heavy (non-hydrogen) atoms. The van der Waals surface area contributed by atoms with Crippen LogP contribution in [0.4, 0.5) is 5.69 Å². The first-order chi connectivity index (χ1) is 11.1. The summed E-state index contributed by atoms with van der Waals surface area (Å²) in [4.78, 5) is 28.9. The van der Waals surface area contributed by atoms with E-state index in [1.54, 1.807) is 12.1 Å². The van der Waals surface area contributed by atoms with Gasteiger partial charge in [-0.25, -0.2) is 4.98 Å². The van der Waals surface area contributed by atoms with Crippen molar-refractivity contribution in [1.82, 2.24) is 20.1 Å². The Morgan fingerprint density at radius 3 is 2.61 bits per heavy atom. The number of aliphatic hydroxyl groups is 1. The number of rotatable bonds is 5. The van der Waals surface area contributed by atoms with E-state index in [1.807, 2.05) is 19.1 Å². The van der Waals surface area contributed by atoms with Crippen LogP contribution in [0.2, 0.25) is 0 Å². The molecule has 0 saturated heterocycles. The molecule has 2 aromatic rings. The molecule has 1 aliphatic rings. The minimum Gasteiger partial charge on any atom is -0.395 e. The number of H-pyrrole nitrogens is 1. The number of carbonyl (C=O) groups is 2. The zero-order chi connectivity index (χ0) is 16.4. The summed E-state index contributed by atoms with van der Waals surface area (Å²) in [6.45, 7) is 1.55. The molecule has 3 rings (SSSR count). The normalized spacial score (nSPS) is 14.3. The number of hydrogen-bond acceptors (Lipinski definition) is 6. The van der Waals surface area contributed by atoms with Crippen LogP contribution in [-0.2, 0) is 9.59 Å². The number of β-amino-alcohol motifs (C(OH)–C–C–N with tert-alkyl or cyclic N) is 1. The summed E-state index contributed by atoms with van der Waals surface area (Å²) in [5, 5.41) is 18.6. The number of nitrogens with one attached hydrogen (secondary N) is 2. The first-order valence-corrected chi connectivity index (χ1v) is 7.03. The van der Waals surface area contributed by atoms with Gasteiger partial charge in [0.15, 0.2) is 5.82 Å². The van der Waals surface area contributed by atoms with Crippen molar-refractivity contribution in [3.05, 3.63) is 41.9 Å². The lowest BCUT2D eigenvalue weighted by atomic mass is 10.2. The number of nitrogens with zero attached hydrogens (tertiary/aromatic N) is 3. The standard InChI is InChI=1S/C15H15N5O3/c1-9-16-14(19-18-9)10-2-4-11(5-3-10)17-12-8-13(22)20(6-7-21)15(12)23/h2-5,8,17,21H,6-7H2,1H3,(H,16,18,19). The smallest absolute Gasteiger partial charge is 0.277 e. The quantitative estimate of drug-likeness (QED) is 0.691. The number of aromatic nitrogens is 3. The highest BCUT2D eigenvalue weighted by molar-refractivity contribution is 6.17. The number of aliphatic hydroxyl groups excluding tert-OH is 1. The van der Waals surface area contributed by atoms with Gasteiger partial charge >= 0.3 is 0 Å². The number of carbonyl (C=O) groups excluding carboxylic acids is 2. The predicted molar refractivity (Wildman–Crippen MR) is 82.1 cm³/mol. The monoisotopic (exact) mass is 313 g/mol. The van der Waals surface area contributed by atoms with E-state index >= 15 is 0 Å². The lowest BCUT2D eigenvalue weighted by molar-refractivity contribution is -0.137. The van der Waals surface area contributed by atoms with Crippen LogP contribution in [0.15, 0.2) is 36.0 Å². The van der Waals surface area contributed by atoms with Gasteiger partial charge in [-0.1, -0.05) is 0 Å². The van der Waals surface area contributed by atoms with Crippen molar-refractivity contribution in [3.63, 3.8) is 0 Å². The Kier molecular flexibility index (Phi) is 3.90. The Labute approximate surface area is 131 Å². The largest absolute Gasteiger partial charge is 0.395 e. The number of imide groups is 1. The molecule has 2 amide bonds. The van der Waals surface area contributed by atoms with Gasteiger partial charge in [0.1, 0.15) is 11.5 Å². The fourth-order valence-electron chi connectivity index (χ4n) is 2.24. The molecule has 0 fully saturated rings. The second-order valence-corrected chi connectivity index (χ2v) is 5.02. The highest BCUT2D eigenvalue weighted by atomic mass is 16.3. The molecule has 0 spiro atoms. The van der Waals surface area contributed by atoms with Gasteiger partial charge in [-0.2, -0.15) is 5.10 Å². The van der Waals surface area contributed by atoms with Crippen LogP contribution in [0.3, 0.4) is 0 Å². The molecule has 0 atom stereocenters. The fraction of sp³-hybridized carbons (Fsp3) is 0.200. The highest BCUT2D eigenvalue weighted by Gasteiger charge is 2.30. The van der Waals surface area contributed by atoms with E-state index in [9.17, 15) is 9.59 Å². The molecule has 3 N–H and O–H groups in total. The second kappa shape index (κ2) is 6.01. The first-order valence-electron chi connectivity index (χ1n) is 7.03. The van der Waals surface area contributed by atoms with Gasteiger partial charge in [-0.3, -0.25) is 19.6 Å². The molecule has 1 aromatic carbocycles. The molecule has 8 nitrogen and oxygen atoms in total. The van der Waals surface area contributed by atoms with E-state index in [4.69, 9.17) is 5.11 Å². The SMILES string of the molecule is Cc1nc(-c2ccc(NC3=CC(=O)N(CCO)C3=O)cc2)n[nH]1. The molecule has 1 aromatic heterocycles. The van der Waals surface area contributed by atoms with Crippen LogP contribution in [-0.4, -0.2) is 50.2 Å². The topological polar surface area (TPSA) is 111 Å². The molecule has 0 aliphatic carbocycles. The minimum absolute atomic E-state index is 0.0114. The van der Waals surface area contributed by atoms with Crippen LogP contribution in [0, 0.1) is 6.92 Å². The van der Waals surface area contributed by atoms with Gasteiger partial charge < -0.3 is 10.4 Å². The summed E-state index contributed by atoms with van der Waals surface area (Å²) in [6.07, 6.45) is 1.23. The van der Waals surface area contributed by atoms with E-state index in [0.717, 1.165) is 16.3 Å². The van der Waals surface area contributed by atoms with Gasteiger partial charge in [-0.15, -0.1) is 0 Å². The van der Waals surface area contributed by atoms with E-state index in [1.165, 1.54) is 6.08 Å². The Hall–Kier alpha value is -3.00. The summed E-state index contributed by atoms with van der Waals surface area (Å²) in [5.41, 5.74) is 1.69. The summed E-state index contributed by atoms with van der Waals surface area (Å²) >= 11 is 0. The average molecular weight is 313 g/mol. The molecule has 0 bridgehead atoms. The molecule has 2 heterocycles. The molecular weight excluding hydrogens is 298 g/mol. The Morgan fingerprint density at radius 1 is 1.26 bits per heavy atom. The molecule has 118 valence electrons. The lowest BCUT2D eigenvalue weighted by Crippen LogP contribution is -2.34. The van der Waals surface area contributed by atoms with Crippen molar-refractivity contribution < 1.29 is 14.7 Å². The van der Waals surface area contributed by atoms with Gasteiger partial charge in [0.25, 0.3) is 11.8 Å². The molecule has 0 unspecified atom stereocenters. The van der Waals surface area contributed by atoms with Gasteiger partial charge in [-0.05, 0) is 31.2 Å². The van der Waals surface area contributed by atoms with Crippen molar-refractivity contribution in [2.24, 2.45) is 0 Å². The van der Waals surface area contributed by atoms with Crippen LogP contribution in [0.1, 0.15) is 5.82 Å². The summed E-state index contributed by atoms with van der Waals surface area (Å²) in [5.74, 6) is 0.443. The Morgan fingerprint density at radius 2 is 2.00 bits per heavy atom. The number of amides is 2. The van der Waals surface area contributed by atoms with E-state index in [-0.39, 0.29) is 18.8 Å². The third-order valence-electron chi connectivity index (χ3n) is 3.35. The lowest BCUT2D eigenvalue weighted by Gasteiger charge is -2.13. The van der Waals surface area contributed by atoms with Crippen molar-refractivity contribution in [1.29, 1.82) is 0 Å². The van der Waals surface area contributed by atoms with Crippen LogP contribution < -0.4 is 5.32 Å². The van der Waals surface area contributed by atoms with E-state index in [0.29, 0.717) is 11.5 Å². The number of anilines is 1. The summed E-state index contributed by atoms with van der Waals surface area (Å²) < 4.78 is 0. The molecule has 0 radical (unpaired) electrons. The average Bonchev–Trinajstić information content (AvgIpc) is 3.08. The van der Waals surface area contributed by atoms with E-state index in [2.05, 4.69) is 20.5 Å². The Balaban J connectivity index is 1.73. The fourth-order valence-corrected chi connectivity index (χ4v) is 2.24. The van der Waals surface area contributed by atoms with Crippen LogP contribution >= 0.6 is 0 Å². The van der Waals surface area contributed by atoms with Crippen molar-refractivity contribution in [3.8, 4) is 11.4 Å². The third-order valence-corrected chi connectivity index (χ3v) is 3.35. The molecule has 0 saturated carbocycles. The van der Waals surface area contributed by atoms with E-state index < -0.39 is 11.8 Å². The number of aryl methyl sites for hydroxylation is 1. The number of hydrogen-bond donors (Lipinski definition) is 3. The maximum atomic E-state index is 12.0. The first kappa shape index (κ1) is 14.9. The Bertz CT molecular complexity index is 779. The maximum absolute atomic E-state index is 12.0. The van der Waals surface area contributed by atoms with Gasteiger partial charge in [0.05, 0.1) is 13.2 Å². The number of benzene rings is 1. The molecule has 1 aliphatic heterocycles. The zero-order valence-corrected chi connectivity index (χ0v) is 12.4. The van der Waals surface area contributed by atoms with Crippen molar-refractivity contribution >= 4 is 17.5 Å². The van der Waals surface area contributed by atoms with Gasteiger partial charge in [0.2, 0.25) is 0 Å². The highest BCUT2D eigenvalue weighted by Crippen LogP contribution is 2.21. The van der Waals surface area contributed by atoms with Crippen LogP contribution in [0.25, 0.3) is 11.4 Å². The predicted octanol–water partition coefficient (Wildman–Crippen LogP) is 0.437. The molecule has 8 heteroatoms. The third kappa shape index (κ3) is 2.97. The number of aromatic amines is 1. The summed E-state index contributed by atoms with van der Waals surface area (Å²) in [7, 11) is 0. The molecular formula is C15H15N5O3. The second-order valence-electron chi connectivity index (χ2n) is 5.02. The maximum Gasteiger partial charge on any atom is 0.277 e. The van der Waals surface area contributed by atoms with Crippen LogP contribution in [0.5, 0.6) is 0 Å². The van der Waals surface area contributed by atoms with Crippen molar-refractivity contribution in [2.45, 2.75) is 6.92 Å². The zero-order valence-electron chi connectivity index (χ0n) is 12.4.